The Balaban J connectivity index is 1.68. The standard InChI is InChI=1S/C17H24N2S/c18-10-3-7-15-9-12-20-17(15)13-19-11-4-8-16(19)14-5-1-2-6-14/h9,12,14,16H,1-2,4-6,8,10-11,13,18H2. The Morgan fingerprint density at radius 3 is 2.90 bits per heavy atom. The van der Waals surface area contributed by atoms with Crippen LogP contribution in [-0.2, 0) is 6.54 Å². The Morgan fingerprint density at radius 2 is 2.10 bits per heavy atom. The number of likely N-dealkylation sites (tertiary alicyclic amines) is 1. The quantitative estimate of drug-likeness (QED) is 0.865. The van der Waals surface area contributed by atoms with Crippen LogP contribution in [0.5, 0.6) is 0 Å². The van der Waals surface area contributed by atoms with Gasteiger partial charge >= 0.3 is 0 Å². The molecule has 2 nitrogen and oxygen atoms in total. The van der Waals surface area contributed by atoms with Gasteiger partial charge in [-0.3, -0.25) is 4.90 Å². The minimum Gasteiger partial charge on any atom is -0.320 e. The zero-order chi connectivity index (χ0) is 13.8. The van der Waals surface area contributed by atoms with Crippen molar-refractivity contribution in [1.82, 2.24) is 4.90 Å². The fraction of sp³-hybridized carbons (Fsp3) is 0.647. The van der Waals surface area contributed by atoms with Crippen molar-refractivity contribution in [1.29, 1.82) is 0 Å². The van der Waals surface area contributed by atoms with Crippen LogP contribution in [0.4, 0.5) is 0 Å². The molecule has 1 atom stereocenters. The van der Waals surface area contributed by atoms with E-state index in [2.05, 4.69) is 28.2 Å². The molecule has 0 amide bonds. The highest BCUT2D eigenvalue weighted by atomic mass is 32.1. The molecule has 1 aromatic heterocycles. The van der Waals surface area contributed by atoms with Crippen molar-refractivity contribution in [2.24, 2.45) is 11.7 Å². The third kappa shape index (κ3) is 3.09. The summed E-state index contributed by atoms with van der Waals surface area (Å²) in [6, 6.07) is 2.97. The molecule has 20 heavy (non-hydrogen) atoms. The van der Waals surface area contributed by atoms with E-state index in [-0.39, 0.29) is 0 Å². The van der Waals surface area contributed by atoms with E-state index in [0.717, 1.165) is 18.5 Å². The summed E-state index contributed by atoms with van der Waals surface area (Å²) in [5.74, 6) is 7.16. The maximum Gasteiger partial charge on any atom is 0.0555 e. The zero-order valence-electron chi connectivity index (χ0n) is 12.1. The van der Waals surface area contributed by atoms with Gasteiger partial charge in [0.1, 0.15) is 0 Å². The molecule has 0 radical (unpaired) electrons. The molecular formula is C17H24N2S. The molecule has 1 aliphatic carbocycles. The summed E-state index contributed by atoms with van der Waals surface area (Å²) in [5.41, 5.74) is 6.68. The van der Waals surface area contributed by atoms with Crippen LogP contribution in [-0.4, -0.2) is 24.0 Å². The highest BCUT2D eigenvalue weighted by Crippen LogP contribution is 2.36. The van der Waals surface area contributed by atoms with Gasteiger partial charge in [-0.05, 0) is 49.6 Å². The predicted octanol–water partition coefficient (Wildman–Crippen LogP) is 3.21. The zero-order valence-corrected chi connectivity index (χ0v) is 12.9. The molecule has 1 unspecified atom stereocenters. The highest BCUT2D eigenvalue weighted by Gasteiger charge is 2.33. The topological polar surface area (TPSA) is 29.3 Å². The third-order valence-corrected chi connectivity index (χ3v) is 5.68. The average molecular weight is 288 g/mol. The van der Waals surface area contributed by atoms with Crippen LogP contribution in [0.2, 0.25) is 0 Å². The van der Waals surface area contributed by atoms with Gasteiger partial charge < -0.3 is 5.73 Å². The van der Waals surface area contributed by atoms with Gasteiger partial charge in [-0.1, -0.05) is 24.7 Å². The van der Waals surface area contributed by atoms with E-state index in [1.165, 1.54) is 55.5 Å². The van der Waals surface area contributed by atoms with Gasteiger partial charge in [0.15, 0.2) is 0 Å². The Labute approximate surface area is 126 Å². The number of thiophene rings is 1. The third-order valence-electron chi connectivity index (χ3n) is 4.78. The van der Waals surface area contributed by atoms with Crippen LogP contribution >= 0.6 is 11.3 Å². The predicted molar refractivity (Wildman–Crippen MR) is 85.6 cm³/mol. The van der Waals surface area contributed by atoms with E-state index in [4.69, 9.17) is 5.73 Å². The molecule has 1 saturated carbocycles. The summed E-state index contributed by atoms with van der Waals surface area (Å²) >= 11 is 1.85. The van der Waals surface area contributed by atoms with Gasteiger partial charge in [0.2, 0.25) is 0 Å². The van der Waals surface area contributed by atoms with Gasteiger partial charge in [0.05, 0.1) is 6.54 Å². The Kier molecular flexibility index (Phi) is 4.77. The van der Waals surface area contributed by atoms with Crippen LogP contribution in [0.25, 0.3) is 0 Å². The number of nitrogens with zero attached hydrogens (tertiary/aromatic N) is 1. The van der Waals surface area contributed by atoms with Gasteiger partial charge in [-0.2, -0.15) is 0 Å². The molecule has 2 N–H and O–H groups in total. The van der Waals surface area contributed by atoms with Crippen molar-refractivity contribution in [2.75, 3.05) is 13.1 Å². The van der Waals surface area contributed by atoms with Crippen LogP contribution in [0.15, 0.2) is 11.4 Å². The van der Waals surface area contributed by atoms with Gasteiger partial charge in [-0.25, -0.2) is 0 Å². The average Bonchev–Trinajstić information content (AvgIpc) is 3.18. The molecule has 2 fully saturated rings. The van der Waals surface area contributed by atoms with Crippen LogP contribution in [0.3, 0.4) is 0 Å². The van der Waals surface area contributed by atoms with Gasteiger partial charge in [0.25, 0.3) is 0 Å². The van der Waals surface area contributed by atoms with Gasteiger partial charge in [0, 0.05) is 23.0 Å². The normalized spacial score (nSPS) is 23.9. The van der Waals surface area contributed by atoms with E-state index in [1.54, 1.807) is 0 Å². The lowest BCUT2D eigenvalue weighted by Gasteiger charge is -2.29. The second-order valence-electron chi connectivity index (χ2n) is 5.99. The largest absolute Gasteiger partial charge is 0.320 e. The maximum absolute atomic E-state index is 5.48. The summed E-state index contributed by atoms with van der Waals surface area (Å²) in [4.78, 5) is 4.14. The van der Waals surface area contributed by atoms with E-state index in [9.17, 15) is 0 Å². The van der Waals surface area contributed by atoms with Gasteiger partial charge in [-0.15, -0.1) is 11.3 Å². The molecule has 1 aromatic rings. The first-order valence-electron chi connectivity index (χ1n) is 7.88. The summed E-state index contributed by atoms with van der Waals surface area (Å²) in [6.07, 6.45) is 8.57. The molecule has 3 rings (SSSR count). The summed E-state index contributed by atoms with van der Waals surface area (Å²) < 4.78 is 0. The number of nitrogens with two attached hydrogens (primary N) is 1. The Morgan fingerprint density at radius 1 is 1.25 bits per heavy atom. The van der Waals surface area contributed by atoms with Crippen molar-refractivity contribution in [3.63, 3.8) is 0 Å². The first-order chi connectivity index (χ1) is 9.88. The first-order valence-corrected chi connectivity index (χ1v) is 8.76. The first kappa shape index (κ1) is 14.1. The number of hydrogen-bond donors (Lipinski definition) is 1. The molecule has 0 aromatic carbocycles. The molecule has 0 spiro atoms. The number of hydrogen-bond acceptors (Lipinski definition) is 3. The Hall–Kier alpha value is -0.820. The molecule has 3 heteroatoms. The lowest BCUT2D eigenvalue weighted by Crippen LogP contribution is -2.34. The van der Waals surface area contributed by atoms with E-state index in [1.807, 2.05) is 11.3 Å². The van der Waals surface area contributed by atoms with Crippen LogP contribution in [0.1, 0.15) is 49.0 Å². The molecule has 0 bridgehead atoms. The fourth-order valence-corrected chi connectivity index (χ4v) is 4.68. The molecule has 108 valence electrons. The minimum absolute atomic E-state index is 0.448. The second kappa shape index (κ2) is 6.76. The molecule has 1 aliphatic heterocycles. The van der Waals surface area contributed by atoms with Crippen LogP contribution in [0, 0.1) is 17.8 Å². The van der Waals surface area contributed by atoms with E-state index in [0.29, 0.717) is 6.54 Å². The second-order valence-corrected chi connectivity index (χ2v) is 6.99. The molecule has 2 aliphatic rings. The van der Waals surface area contributed by atoms with E-state index < -0.39 is 0 Å². The smallest absolute Gasteiger partial charge is 0.0555 e. The highest BCUT2D eigenvalue weighted by molar-refractivity contribution is 7.10. The van der Waals surface area contributed by atoms with E-state index >= 15 is 0 Å². The molecule has 2 heterocycles. The van der Waals surface area contributed by atoms with Crippen LogP contribution < -0.4 is 5.73 Å². The maximum atomic E-state index is 5.48. The summed E-state index contributed by atoms with van der Waals surface area (Å²) in [6.45, 7) is 2.81. The van der Waals surface area contributed by atoms with Crippen molar-refractivity contribution in [3.8, 4) is 11.8 Å². The van der Waals surface area contributed by atoms with Crippen molar-refractivity contribution >= 4 is 11.3 Å². The summed E-state index contributed by atoms with van der Waals surface area (Å²) in [7, 11) is 0. The fourth-order valence-electron chi connectivity index (χ4n) is 3.83. The molecular weight excluding hydrogens is 264 g/mol. The molecule has 1 saturated heterocycles. The lowest BCUT2D eigenvalue weighted by molar-refractivity contribution is 0.184. The summed E-state index contributed by atoms with van der Waals surface area (Å²) in [5, 5.41) is 2.16. The Bertz CT molecular complexity index is 491. The lowest BCUT2D eigenvalue weighted by atomic mass is 9.96. The van der Waals surface area contributed by atoms with Crippen molar-refractivity contribution in [3.05, 3.63) is 21.9 Å². The van der Waals surface area contributed by atoms with Crippen molar-refractivity contribution < 1.29 is 0 Å². The number of rotatable bonds is 3. The monoisotopic (exact) mass is 288 g/mol. The minimum atomic E-state index is 0.448. The van der Waals surface area contributed by atoms with Crippen molar-refractivity contribution in [2.45, 2.75) is 51.1 Å². The SMILES string of the molecule is NCC#Cc1ccsc1CN1CCCC1C1CCCC1.